The van der Waals surface area contributed by atoms with Gasteiger partial charge in [0, 0.05) is 20.2 Å². The Balaban J connectivity index is 2.30. The lowest BCUT2D eigenvalue weighted by molar-refractivity contribution is 0.122. The number of morpholine rings is 1. The zero-order valence-corrected chi connectivity index (χ0v) is 11.9. The molecule has 17 heavy (non-hydrogen) atoms. The Morgan fingerprint density at radius 1 is 1.53 bits per heavy atom. The van der Waals surface area contributed by atoms with Gasteiger partial charge in [0.05, 0.1) is 30.0 Å². The van der Waals surface area contributed by atoms with E-state index in [4.69, 9.17) is 21.7 Å². The lowest BCUT2D eigenvalue weighted by atomic mass is 10.4. The highest BCUT2D eigenvalue weighted by Gasteiger charge is 2.15. The molecule has 1 aromatic rings. The van der Waals surface area contributed by atoms with Gasteiger partial charge in [0.1, 0.15) is 4.64 Å². The van der Waals surface area contributed by atoms with Crippen molar-refractivity contribution in [1.29, 1.82) is 0 Å². The van der Waals surface area contributed by atoms with Crippen molar-refractivity contribution in [3.05, 3.63) is 14.8 Å². The number of halogens is 1. The van der Waals surface area contributed by atoms with E-state index >= 15 is 0 Å². The fourth-order valence-electron chi connectivity index (χ4n) is 1.66. The van der Waals surface area contributed by atoms with Crippen LogP contribution in [0.25, 0.3) is 0 Å². The topological polar surface area (TPSA) is 50.4 Å². The second-order valence-corrected chi connectivity index (χ2v) is 4.87. The number of nitrogens with one attached hydrogen (secondary N) is 1. The molecule has 7 heteroatoms. The van der Waals surface area contributed by atoms with Gasteiger partial charge in [-0.2, -0.15) is 0 Å². The zero-order chi connectivity index (χ0) is 12.3. The number of rotatable bonds is 3. The molecule has 0 spiro atoms. The first-order valence-electron chi connectivity index (χ1n) is 5.32. The van der Waals surface area contributed by atoms with Gasteiger partial charge in [0.2, 0.25) is 5.95 Å². The normalized spacial score (nSPS) is 16.2. The van der Waals surface area contributed by atoms with Crippen LogP contribution in [0.15, 0.2) is 4.47 Å². The monoisotopic (exact) mass is 319 g/mol. The fourth-order valence-corrected chi connectivity index (χ4v) is 2.17. The molecular weight excluding hydrogens is 306 g/mol. The molecule has 1 aliphatic rings. The summed E-state index contributed by atoms with van der Waals surface area (Å²) in [4.78, 5) is 9.74. The Bertz CT molecular complexity index is 446. The Kier molecular flexibility index (Phi) is 4.49. The minimum atomic E-state index is 0.476. The van der Waals surface area contributed by atoms with E-state index in [0.29, 0.717) is 11.2 Å². The molecule has 5 nitrogen and oxygen atoms in total. The predicted octanol–water partition coefficient (Wildman–Crippen LogP) is 1.88. The smallest absolute Gasteiger partial charge is 0.204 e. The van der Waals surface area contributed by atoms with Gasteiger partial charge in [-0.15, -0.1) is 0 Å². The Hall–Kier alpha value is -0.500. The highest BCUT2D eigenvalue weighted by molar-refractivity contribution is 9.10. The van der Waals surface area contributed by atoms with Crippen LogP contribution in [-0.2, 0) is 16.1 Å². The number of H-pyrrole nitrogens is 1. The van der Waals surface area contributed by atoms with E-state index < -0.39 is 0 Å². The predicted molar refractivity (Wildman–Crippen MR) is 70.9 cm³/mol. The average Bonchev–Trinajstić information content (AvgIpc) is 2.36. The summed E-state index contributed by atoms with van der Waals surface area (Å²) in [5.41, 5.74) is 0.911. The van der Waals surface area contributed by atoms with Gasteiger partial charge < -0.3 is 19.4 Å². The molecule has 2 heterocycles. The summed E-state index contributed by atoms with van der Waals surface area (Å²) in [6.07, 6.45) is 0. The maximum absolute atomic E-state index is 5.31. The van der Waals surface area contributed by atoms with Gasteiger partial charge in [-0.1, -0.05) is 12.2 Å². The van der Waals surface area contributed by atoms with Crippen LogP contribution in [0, 0.1) is 4.64 Å². The van der Waals surface area contributed by atoms with Crippen molar-refractivity contribution in [1.82, 2.24) is 9.97 Å². The summed E-state index contributed by atoms with van der Waals surface area (Å²) in [6, 6.07) is 0. The van der Waals surface area contributed by atoms with Crippen molar-refractivity contribution in [2.75, 3.05) is 38.3 Å². The third-order valence-corrected chi connectivity index (χ3v) is 3.93. The van der Waals surface area contributed by atoms with Crippen LogP contribution in [0.1, 0.15) is 5.69 Å². The number of ether oxygens (including phenoxy) is 2. The van der Waals surface area contributed by atoms with Crippen molar-refractivity contribution in [2.24, 2.45) is 0 Å². The van der Waals surface area contributed by atoms with Gasteiger partial charge >= 0.3 is 0 Å². The summed E-state index contributed by atoms with van der Waals surface area (Å²) < 4.78 is 11.8. The average molecular weight is 320 g/mol. The second kappa shape index (κ2) is 5.90. The quantitative estimate of drug-likeness (QED) is 0.862. The minimum absolute atomic E-state index is 0.476. The van der Waals surface area contributed by atoms with Gasteiger partial charge in [-0.05, 0) is 15.9 Å². The largest absolute Gasteiger partial charge is 0.378 e. The molecule has 1 N–H and O–H groups in total. The SMILES string of the molecule is COCc1[nH]c(N2CCOCC2)nc(=S)c1Br. The molecule has 1 saturated heterocycles. The van der Waals surface area contributed by atoms with Crippen molar-refractivity contribution >= 4 is 34.1 Å². The standard InChI is InChI=1S/C10H14BrN3O2S/c1-15-6-7-8(11)9(17)13-10(12-7)14-2-4-16-5-3-14/h2-6H2,1H3,(H,12,13,17). The van der Waals surface area contributed by atoms with Crippen LogP contribution < -0.4 is 4.90 Å². The summed E-state index contributed by atoms with van der Waals surface area (Å²) >= 11 is 8.64. The van der Waals surface area contributed by atoms with Crippen molar-refractivity contribution in [3.8, 4) is 0 Å². The Morgan fingerprint density at radius 2 is 2.24 bits per heavy atom. The van der Waals surface area contributed by atoms with Crippen LogP contribution in [0.3, 0.4) is 0 Å². The molecular formula is C10H14BrN3O2S. The molecule has 1 aromatic heterocycles. The molecule has 94 valence electrons. The number of nitrogens with zero attached hydrogens (tertiary/aromatic N) is 2. The van der Waals surface area contributed by atoms with Crippen molar-refractivity contribution in [3.63, 3.8) is 0 Å². The van der Waals surface area contributed by atoms with Gasteiger partial charge in [-0.3, -0.25) is 0 Å². The number of methoxy groups -OCH3 is 1. The van der Waals surface area contributed by atoms with Crippen LogP contribution >= 0.6 is 28.1 Å². The molecule has 1 aliphatic heterocycles. The van der Waals surface area contributed by atoms with Crippen LogP contribution in [0.2, 0.25) is 0 Å². The molecule has 0 unspecified atom stereocenters. The summed E-state index contributed by atoms with van der Waals surface area (Å²) in [7, 11) is 1.65. The van der Waals surface area contributed by atoms with Crippen LogP contribution in [-0.4, -0.2) is 43.4 Å². The van der Waals surface area contributed by atoms with E-state index in [1.54, 1.807) is 7.11 Å². The highest BCUT2D eigenvalue weighted by Crippen LogP contribution is 2.20. The lowest BCUT2D eigenvalue weighted by Crippen LogP contribution is -2.37. The van der Waals surface area contributed by atoms with Gasteiger partial charge in [-0.25, -0.2) is 4.98 Å². The van der Waals surface area contributed by atoms with Crippen LogP contribution in [0.5, 0.6) is 0 Å². The van der Waals surface area contributed by atoms with Crippen LogP contribution in [0.4, 0.5) is 5.95 Å². The third kappa shape index (κ3) is 3.04. The van der Waals surface area contributed by atoms with E-state index in [1.807, 2.05) is 0 Å². The fraction of sp³-hybridized carbons (Fsp3) is 0.600. The highest BCUT2D eigenvalue weighted by atomic mass is 79.9. The molecule has 0 atom stereocenters. The molecule has 1 fully saturated rings. The molecule has 0 saturated carbocycles. The maximum atomic E-state index is 5.31. The van der Waals surface area contributed by atoms with Gasteiger partial charge in [0.25, 0.3) is 0 Å². The maximum Gasteiger partial charge on any atom is 0.204 e. The van der Waals surface area contributed by atoms with Crippen molar-refractivity contribution in [2.45, 2.75) is 6.61 Å². The number of hydrogen-bond acceptors (Lipinski definition) is 5. The summed E-state index contributed by atoms with van der Waals surface area (Å²) in [6.45, 7) is 3.57. The Labute approximate surface area is 113 Å². The first kappa shape index (κ1) is 12.9. The first-order chi connectivity index (χ1) is 8.22. The molecule has 2 rings (SSSR count). The van der Waals surface area contributed by atoms with Crippen molar-refractivity contribution < 1.29 is 9.47 Å². The van der Waals surface area contributed by atoms with E-state index in [-0.39, 0.29) is 0 Å². The summed E-state index contributed by atoms with van der Waals surface area (Å²) in [5, 5.41) is 0. The lowest BCUT2D eigenvalue weighted by Gasteiger charge is -2.27. The third-order valence-electron chi connectivity index (χ3n) is 2.52. The first-order valence-corrected chi connectivity index (χ1v) is 6.53. The second-order valence-electron chi connectivity index (χ2n) is 3.69. The van der Waals surface area contributed by atoms with E-state index in [0.717, 1.165) is 42.4 Å². The molecule has 0 bridgehead atoms. The van der Waals surface area contributed by atoms with E-state index in [2.05, 4.69) is 30.8 Å². The summed E-state index contributed by atoms with van der Waals surface area (Å²) in [5.74, 6) is 0.786. The molecule has 0 aliphatic carbocycles. The molecule has 0 radical (unpaired) electrons. The van der Waals surface area contributed by atoms with Gasteiger partial charge in [0.15, 0.2) is 0 Å². The number of anilines is 1. The van der Waals surface area contributed by atoms with E-state index in [9.17, 15) is 0 Å². The zero-order valence-electron chi connectivity index (χ0n) is 9.53. The molecule has 0 aromatic carbocycles. The Morgan fingerprint density at radius 3 is 2.88 bits per heavy atom. The minimum Gasteiger partial charge on any atom is -0.378 e. The van der Waals surface area contributed by atoms with E-state index in [1.165, 1.54) is 0 Å². The number of aromatic nitrogens is 2. The molecule has 0 amide bonds. The number of aromatic amines is 1. The number of hydrogen-bond donors (Lipinski definition) is 1.